The summed E-state index contributed by atoms with van der Waals surface area (Å²) in [5, 5.41) is 13.7. The molecule has 16 heavy (non-hydrogen) atoms. The van der Waals surface area contributed by atoms with E-state index in [-0.39, 0.29) is 24.3 Å². The molecule has 0 aliphatic carbocycles. The first-order valence-electron chi connectivity index (χ1n) is 5.54. The highest BCUT2D eigenvalue weighted by atomic mass is 32.1. The average molecular weight is 241 g/mol. The van der Waals surface area contributed by atoms with Crippen molar-refractivity contribution in [3.8, 4) is 0 Å². The van der Waals surface area contributed by atoms with E-state index in [4.69, 9.17) is 5.11 Å². The summed E-state index contributed by atoms with van der Waals surface area (Å²) in [5.41, 5.74) is 0. The zero-order valence-electron chi connectivity index (χ0n) is 9.77. The standard InChI is InChI=1S/C12H19NO2S/c1-9(8-14)7-13-12(15)10(2)6-11-4-3-5-16-11/h3-5,9-10,14H,6-8H2,1-2H3,(H,13,15). The summed E-state index contributed by atoms with van der Waals surface area (Å²) < 4.78 is 0. The molecule has 2 unspecified atom stereocenters. The van der Waals surface area contributed by atoms with E-state index in [2.05, 4.69) is 5.32 Å². The van der Waals surface area contributed by atoms with Crippen LogP contribution in [0.15, 0.2) is 17.5 Å². The predicted octanol–water partition coefficient (Wildman–Crippen LogP) is 1.67. The van der Waals surface area contributed by atoms with Gasteiger partial charge in [-0.1, -0.05) is 19.9 Å². The molecule has 0 bridgehead atoms. The number of hydrogen-bond acceptors (Lipinski definition) is 3. The van der Waals surface area contributed by atoms with Crippen LogP contribution in [0.25, 0.3) is 0 Å². The Labute approximate surface area is 100 Å². The molecule has 4 heteroatoms. The fourth-order valence-corrected chi connectivity index (χ4v) is 2.17. The van der Waals surface area contributed by atoms with Crippen molar-refractivity contribution in [3.63, 3.8) is 0 Å². The molecule has 1 aromatic rings. The van der Waals surface area contributed by atoms with E-state index < -0.39 is 0 Å². The third-order valence-corrected chi connectivity index (χ3v) is 3.37. The van der Waals surface area contributed by atoms with Gasteiger partial charge in [0.15, 0.2) is 0 Å². The number of thiophene rings is 1. The van der Waals surface area contributed by atoms with Gasteiger partial charge in [-0.2, -0.15) is 0 Å². The molecule has 0 aromatic carbocycles. The van der Waals surface area contributed by atoms with Crippen LogP contribution in [0.3, 0.4) is 0 Å². The molecule has 0 spiro atoms. The van der Waals surface area contributed by atoms with Gasteiger partial charge in [0.05, 0.1) is 0 Å². The zero-order chi connectivity index (χ0) is 12.0. The van der Waals surface area contributed by atoms with E-state index in [0.29, 0.717) is 6.54 Å². The van der Waals surface area contributed by atoms with Gasteiger partial charge in [0.2, 0.25) is 5.91 Å². The van der Waals surface area contributed by atoms with E-state index in [0.717, 1.165) is 6.42 Å². The van der Waals surface area contributed by atoms with Crippen LogP contribution in [0.1, 0.15) is 18.7 Å². The highest BCUT2D eigenvalue weighted by Gasteiger charge is 2.14. The Kier molecular flexibility index (Phi) is 5.49. The van der Waals surface area contributed by atoms with Gasteiger partial charge in [-0.25, -0.2) is 0 Å². The Morgan fingerprint density at radius 2 is 2.31 bits per heavy atom. The average Bonchev–Trinajstić information content (AvgIpc) is 2.77. The summed E-state index contributed by atoms with van der Waals surface area (Å²) in [6.07, 6.45) is 0.789. The first-order chi connectivity index (χ1) is 7.63. The van der Waals surface area contributed by atoms with Gasteiger partial charge < -0.3 is 10.4 Å². The molecule has 1 rings (SSSR count). The SMILES string of the molecule is CC(CO)CNC(=O)C(C)Cc1cccs1. The van der Waals surface area contributed by atoms with Gasteiger partial charge in [-0.15, -0.1) is 11.3 Å². The second-order valence-electron chi connectivity index (χ2n) is 4.22. The topological polar surface area (TPSA) is 49.3 Å². The van der Waals surface area contributed by atoms with Crippen LogP contribution in [0.2, 0.25) is 0 Å². The van der Waals surface area contributed by atoms with Gasteiger partial charge in [0.25, 0.3) is 0 Å². The molecule has 0 aliphatic rings. The van der Waals surface area contributed by atoms with Crippen molar-refractivity contribution in [1.29, 1.82) is 0 Å². The van der Waals surface area contributed by atoms with Crippen molar-refractivity contribution in [2.75, 3.05) is 13.2 Å². The molecule has 0 saturated carbocycles. The second-order valence-corrected chi connectivity index (χ2v) is 5.25. The Balaban J connectivity index is 2.31. The number of aliphatic hydroxyl groups is 1. The Morgan fingerprint density at radius 3 is 2.88 bits per heavy atom. The molecule has 0 aliphatic heterocycles. The summed E-state index contributed by atoms with van der Waals surface area (Å²) in [5.74, 6) is 0.177. The van der Waals surface area contributed by atoms with Gasteiger partial charge >= 0.3 is 0 Å². The monoisotopic (exact) mass is 241 g/mol. The number of carbonyl (C=O) groups is 1. The van der Waals surface area contributed by atoms with Crippen molar-refractivity contribution < 1.29 is 9.90 Å². The lowest BCUT2D eigenvalue weighted by Crippen LogP contribution is -2.34. The molecular formula is C12H19NO2S. The molecular weight excluding hydrogens is 222 g/mol. The minimum atomic E-state index is -0.00968. The van der Waals surface area contributed by atoms with Crippen molar-refractivity contribution >= 4 is 17.2 Å². The lowest BCUT2D eigenvalue weighted by Gasteiger charge is -2.13. The fraction of sp³-hybridized carbons (Fsp3) is 0.583. The minimum absolute atomic E-state index is 0.00968. The highest BCUT2D eigenvalue weighted by Crippen LogP contribution is 2.14. The van der Waals surface area contributed by atoms with Crippen molar-refractivity contribution in [3.05, 3.63) is 22.4 Å². The first-order valence-corrected chi connectivity index (χ1v) is 6.42. The lowest BCUT2D eigenvalue weighted by molar-refractivity contribution is -0.124. The summed E-state index contributed by atoms with van der Waals surface area (Å²) in [7, 11) is 0. The molecule has 1 amide bonds. The first kappa shape index (κ1) is 13.2. The van der Waals surface area contributed by atoms with Gasteiger partial charge in [0.1, 0.15) is 0 Å². The van der Waals surface area contributed by atoms with E-state index in [1.165, 1.54) is 4.88 Å². The number of nitrogens with one attached hydrogen (secondary N) is 1. The zero-order valence-corrected chi connectivity index (χ0v) is 10.6. The third kappa shape index (κ3) is 4.33. The molecule has 3 nitrogen and oxygen atoms in total. The van der Waals surface area contributed by atoms with Crippen LogP contribution in [0, 0.1) is 11.8 Å². The maximum Gasteiger partial charge on any atom is 0.223 e. The fourth-order valence-electron chi connectivity index (χ4n) is 1.34. The number of rotatable bonds is 6. The molecule has 90 valence electrons. The quantitative estimate of drug-likeness (QED) is 0.796. The smallest absolute Gasteiger partial charge is 0.223 e. The highest BCUT2D eigenvalue weighted by molar-refractivity contribution is 7.09. The minimum Gasteiger partial charge on any atom is -0.396 e. The number of aliphatic hydroxyl groups excluding tert-OH is 1. The summed E-state index contributed by atoms with van der Waals surface area (Å²) in [6, 6.07) is 4.04. The van der Waals surface area contributed by atoms with Crippen molar-refractivity contribution in [2.45, 2.75) is 20.3 Å². The number of hydrogen-bond donors (Lipinski definition) is 2. The largest absolute Gasteiger partial charge is 0.396 e. The van der Waals surface area contributed by atoms with Gasteiger partial charge in [-0.05, 0) is 23.8 Å². The van der Waals surface area contributed by atoms with Crippen LogP contribution < -0.4 is 5.32 Å². The van der Waals surface area contributed by atoms with Crippen LogP contribution in [-0.2, 0) is 11.2 Å². The molecule has 0 fully saturated rings. The molecule has 1 aromatic heterocycles. The predicted molar refractivity (Wildman–Crippen MR) is 66.4 cm³/mol. The molecule has 0 saturated heterocycles. The van der Waals surface area contributed by atoms with Crippen LogP contribution in [0.4, 0.5) is 0 Å². The van der Waals surface area contributed by atoms with E-state index in [9.17, 15) is 4.79 Å². The number of carbonyl (C=O) groups excluding carboxylic acids is 1. The lowest BCUT2D eigenvalue weighted by atomic mass is 10.1. The second kappa shape index (κ2) is 6.66. The Bertz CT molecular complexity index is 311. The van der Waals surface area contributed by atoms with E-state index >= 15 is 0 Å². The van der Waals surface area contributed by atoms with Crippen molar-refractivity contribution in [2.24, 2.45) is 11.8 Å². The van der Waals surface area contributed by atoms with E-state index in [1.807, 2.05) is 31.4 Å². The Morgan fingerprint density at radius 1 is 1.56 bits per heavy atom. The molecule has 2 atom stereocenters. The Hall–Kier alpha value is -0.870. The van der Waals surface area contributed by atoms with Gasteiger partial charge in [-0.3, -0.25) is 4.79 Å². The summed E-state index contributed by atoms with van der Waals surface area (Å²) >= 11 is 1.68. The third-order valence-electron chi connectivity index (χ3n) is 2.47. The molecule has 0 radical (unpaired) electrons. The summed E-state index contributed by atoms with van der Waals surface area (Å²) in [6.45, 7) is 4.49. The molecule has 2 N–H and O–H groups in total. The van der Waals surface area contributed by atoms with E-state index in [1.54, 1.807) is 11.3 Å². The van der Waals surface area contributed by atoms with Crippen LogP contribution in [0.5, 0.6) is 0 Å². The van der Waals surface area contributed by atoms with Crippen LogP contribution >= 0.6 is 11.3 Å². The maximum absolute atomic E-state index is 11.7. The summed E-state index contributed by atoms with van der Waals surface area (Å²) in [4.78, 5) is 12.9. The normalized spacial score (nSPS) is 14.4. The van der Waals surface area contributed by atoms with Gasteiger partial charge in [0, 0.05) is 23.9 Å². The number of amides is 1. The maximum atomic E-state index is 11.7. The van der Waals surface area contributed by atoms with Crippen molar-refractivity contribution in [1.82, 2.24) is 5.32 Å². The van der Waals surface area contributed by atoms with Crippen LogP contribution in [-0.4, -0.2) is 24.2 Å². The molecule has 1 heterocycles.